The van der Waals surface area contributed by atoms with Gasteiger partial charge in [0.05, 0.1) is 0 Å². The second kappa shape index (κ2) is 15.0. The van der Waals surface area contributed by atoms with Gasteiger partial charge in [-0.05, 0) is 0 Å². The third-order valence-corrected chi connectivity index (χ3v) is 0. The molecule has 0 aliphatic rings. The molecule has 0 atom stereocenters. The van der Waals surface area contributed by atoms with Crippen LogP contribution in [-0.4, -0.2) is 165 Å². The standard InChI is InChI=1S/2AsH3O4.3Sr/c2*2-1(3,4)5;;;/h2*(H3,2,3,4,5);;;/q;;3*+2/p-6. The molecule has 0 heterocycles. The minimum absolute atomic E-state index is 0. The van der Waals surface area contributed by atoms with E-state index >= 15 is 0 Å². The van der Waals surface area contributed by atoms with Crippen LogP contribution < -0.4 is 24.6 Å². The molecule has 0 aliphatic carbocycles. The quantitative estimate of drug-likeness (QED) is 0.272. The van der Waals surface area contributed by atoms with Gasteiger partial charge in [-0.1, -0.05) is 0 Å². The SMILES string of the molecule is O=[As]([O-])([O-])[O-].O=[As]([O-])([O-])[O-].[Sr+2].[Sr+2].[Sr+2]. The Morgan fingerprint density at radius 1 is 0.538 bits per heavy atom. The first-order chi connectivity index (χ1) is 4.00. The summed E-state index contributed by atoms with van der Waals surface area (Å²) < 4.78 is 68.9. The Balaban J connectivity index is -0.0000000267. The van der Waals surface area contributed by atoms with Crippen molar-refractivity contribution in [3.05, 3.63) is 0 Å². The van der Waals surface area contributed by atoms with Crippen molar-refractivity contribution in [2.45, 2.75) is 0 Å². The van der Waals surface area contributed by atoms with Gasteiger partial charge in [0.1, 0.15) is 0 Å². The molecule has 0 spiro atoms. The van der Waals surface area contributed by atoms with Gasteiger partial charge in [-0.15, -0.1) is 0 Å². The molecule has 13 heavy (non-hydrogen) atoms. The first-order valence-electron chi connectivity index (χ1n) is 1.46. The molecule has 0 radical (unpaired) electrons. The van der Waals surface area contributed by atoms with Crippen LogP contribution in [0.4, 0.5) is 0 Å². The first kappa shape index (κ1) is 30.7. The zero-order valence-corrected chi connectivity index (χ0v) is 20.5. The fraction of sp³-hybridized carbons (Fsp3) is 0. The van der Waals surface area contributed by atoms with Gasteiger partial charge in [0.15, 0.2) is 0 Å². The van der Waals surface area contributed by atoms with E-state index in [1.165, 1.54) is 0 Å². The molecule has 0 saturated carbocycles. The van der Waals surface area contributed by atoms with Crippen LogP contribution in [0.2, 0.25) is 0 Å². The largest absolute Gasteiger partial charge is 2.00 e. The monoisotopic (exact) mass is 542 g/mol. The summed E-state index contributed by atoms with van der Waals surface area (Å²) in [6.07, 6.45) is 0. The van der Waals surface area contributed by atoms with Crippen LogP contribution in [0.25, 0.3) is 0 Å². The minimum atomic E-state index is -5.88. The zero-order valence-electron chi connectivity index (χ0n) is 6.28. The molecule has 0 bridgehead atoms. The maximum absolute atomic E-state index is 8.61. The third-order valence-electron chi connectivity index (χ3n) is 0. The summed E-state index contributed by atoms with van der Waals surface area (Å²) in [5.41, 5.74) is 0. The van der Waals surface area contributed by atoms with Gasteiger partial charge in [0, 0.05) is 0 Å². The van der Waals surface area contributed by atoms with Gasteiger partial charge in [0.2, 0.25) is 0 Å². The van der Waals surface area contributed by atoms with E-state index in [1.807, 2.05) is 0 Å². The van der Waals surface area contributed by atoms with Crippen molar-refractivity contribution < 1.29 is 32.1 Å². The Morgan fingerprint density at radius 3 is 0.538 bits per heavy atom. The molecule has 0 aromatic carbocycles. The van der Waals surface area contributed by atoms with Crippen LogP contribution in [0.1, 0.15) is 0 Å². The molecule has 0 aromatic heterocycles. The van der Waals surface area contributed by atoms with Gasteiger partial charge in [-0.2, -0.15) is 0 Å². The van der Waals surface area contributed by atoms with Crippen molar-refractivity contribution in [1.82, 2.24) is 0 Å². The second-order valence-electron chi connectivity index (χ2n) is 0.894. The Kier molecular flexibility index (Phi) is 35.4. The zero-order chi connectivity index (χ0) is 9.00. The van der Waals surface area contributed by atoms with E-state index in [-0.39, 0.29) is 136 Å². The fourth-order valence-electron chi connectivity index (χ4n) is 0. The summed E-state index contributed by atoms with van der Waals surface area (Å²) in [5, 5.41) is 0. The van der Waals surface area contributed by atoms with Crippen LogP contribution in [0, 0.1) is 0 Å². The topological polar surface area (TPSA) is 172 Å². The van der Waals surface area contributed by atoms with Crippen LogP contribution in [0.5, 0.6) is 0 Å². The molecule has 0 amide bonds. The van der Waals surface area contributed by atoms with Crippen LogP contribution >= 0.6 is 0 Å². The number of hydrogen-bond donors (Lipinski definition) is 0. The van der Waals surface area contributed by atoms with E-state index in [4.69, 9.17) is 32.1 Å². The van der Waals surface area contributed by atoms with Crippen LogP contribution in [0.15, 0.2) is 0 Å². The molecule has 0 rings (SSSR count). The van der Waals surface area contributed by atoms with Gasteiger partial charge in [-0.3, -0.25) is 0 Å². The van der Waals surface area contributed by atoms with Gasteiger partial charge in [0.25, 0.3) is 0 Å². The summed E-state index contributed by atoms with van der Waals surface area (Å²) in [5.74, 6) is 0. The summed E-state index contributed by atoms with van der Waals surface area (Å²) >= 11 is -11.8. The summed E-state index contributed by atoms with van der Waals surface area (Å²) in [6, 6.07) is 0. The smallest absolute Gasteiger partial charge is 2.00 e. The van der Waals surface area contributed by atoms with E-state index < -0.39 is 29.0 Å². The van der Waals surface area contributed by atoms with E-state index in [9.17, 15) is 0 Å². The third kappa shape index (κ3) is 156. The summed E-state index contributed by atoms with van der Waals surface area (Å²) in [7, 11) is 0. The van der Waals surface area contributed by atoms with Gasteiger partial charge >= 0.3 is 198 Å². The molecule has 0 aliphatic heterocycles. The molecular formula is As2O8Sr3. The van der Waals surface area contributed by atoms with Crippen LogP contribution in [0.3, 0.4) is 0 Å². The number of hydrogen-bond acceptors (Lipinski definition) is 8. The average Bonchev–Trinajstić information content (AvgIpc) is 1.12. The van der Waals surface area contributed by atoms with Gasteiger partial charge < -0.3 is 0 Å². The predicted octanol–water partition coefficient (Wildman–Crippen LogP) is -9.28. The Labute approximate surface area is 192 Å². The Hall–Kier alpha value is 4.92. The Bertz CT molecular complexity index is 130. The molecule has 0 fully saturated rings. The molecule has 8 nitrogen and oxygen atoms in total. The van der Waals surface area contributed by atoms with Gasteiger partial charge in [-0.25, -0.2) is 0 Å². The molecule has 0 unspecified atom stereocenters. The van der Waals surface area contributed by atoms with E-state index in [2.05, 4.69) is 0 Å². The van der Waals surface area contributed by atoms with E-state index in [0.29, 0.717) is 0 Å². The predicted molar refractivity (Wildman–Crippen MR) is 30.1 cm³/mol. The van der Waals surface area contributed by atoms with Crippen molar-refractivity contribution in [2.75, 3.05) is 0 Å². The van der Waals surface area contributed by atoms with Crippen molar-refractivity contribution in [1.29, 1.82) is 0 Å². The molecule has 13 heteroatoms. The van der Waals surface area contributed by atoms with Crippen molar-refractivity contribution in [3.8, 4) is 0 Å². The molecule has 0 aromatic rings. The van der Waals surface area contributed by atoms with Crippen molar-refractivity contribution in [2.24, 2.45) is 0 Å². The minimum Gasteiger partial charge on any atom is 2.00 e. The first-order valence-corrected chi connectivity index (χ1v) is 7.59. The normalized spacial score (nSPS) is 9.08. The summed E-state index contributed by atoms with van der Waals surface area (Å²) in [6.45, 7) is 0. The maximum Gasteiger partial charge on any atom is 2.00 e. The van der Waals surface area contributed by atoms with E-state index in [0.717, 1.165) is 0 Å². The molecular weight excluding hydrogens is 541 g/mol. The second-order valence-corrected chi connectivity index (χ2v) is 4.65. The number of rotatable bonds is 0. The fourth-order valence-corrected chi connectivity index (χ4v) is 0. The molecule has 0 N–H and O–H groups in total. The maximum atomic E-state index is 8.61. The van der Waals surface area contributed by atoms with Crippen molar-refractivity contribution in [3.63, 3.8) is 0 Å². The summed E-state index contributed by atoms with van der Waals surface area (Å²) in [4.78, 5) is 0. The Morgan fingerprint density at radius 2 is 0.538 bits per heavy atom. The van der Waals surface area contributed by atoms with Crippen molar-refractivity contribution >= 4 is 165 Å². The van der Waals surface area contributed by atoms with E-state index in [1.54, 1.807) is 0 Å². The molecule has 64 valence electrons. The molecule has 0 saturated heterocycles. The average molecular weight is 541 g/mol. The van der Waals surface area contributed by atoms with Crippen LogP contribution in [-0.2, 0) is 7.48 Å².